The highest BCUT2D eigenvalue weighted by molar-refractivity contribution is 7.16. The molecule has 0 aliphatic heterocycles. The van der Waals surface area contributed by atoms with Crippen LogP contribution in [0.1, 0.15) is 77.4 Å². The number of aryl methyl sites for hydroxylation is 2. The summed E-state index contributed by atoms with van der Waals surface area (Å²) >= 11 is 1.20. The van der Waals surface area contributed by atoms with E-state index in [4.69, 9.17) is 26.7 Å². The van der Waals surface area contributed by atoms with Gasteiger partial charge in [0.2, 0.25) is 17.8 Å². The fraction of sp³-hybridized carbons (Fsp3) is 0.353. The van der Waals surface area contributed by atoms with Crippen molar-refractivity contribution >= 4 is 62.4 Å². The molecule has 1 aromatic carbocycles. The number of imidazole rings is 1. The summed E-state index contributed by atoms with van der Waals surface area (Å²) in [5.41, 5.74) is 19.7. The fourth-order valence-electron chi connectivity index (χ4n) is 5.28. The lowest BCUT2D eigenvalue weighted by Gasteiger charge is -2.19. The zero-order valence-electron chi connectivity index (χ0n) is 29.0. The monoisotopic (exact) mass is 716 g/mol. The number of carbonyl (C=O) groups excluding carboxylic acids is 4. The number of nitrogens with zero attached hydrogens (tertiary/aromatic N) is 7. The average Bonchev–Trinajstić information content (AvgIpc) is 3.71. The maximum absolute atomic E-state index is 13.3. The van der Waals surface area contributed by atoms with E-state index in [2.05, 4.69) is 20.1 Å². The van der Waals surface area contributed by atoms with Crippen LogP contribution in [0, 0.1) is 6.92 Å². The van der Waals surface area contributed by atoms with Crippen molar-refractivity contribution in [2.45, 2.75) is 72.7 Å². The van der Waals surface area contributed by atoms with Crippen molar-refractivity contribution in [1.29, 1.82) is 0 Å². The van der Waals surface area contributed by atoms with Crippen LogP contribution in [0.15, 0.2) is 47.6 Å². The zero-order chi connectivity index (χ0) is 37.0. The van der Waals surface area contributed by atoms with Gasteiger partial charge in [0.05, 0.1) is 28.1 Å². The van der Waals surface area contributed by atoms with Crippen molar-refractivity contribution in [2.75, 3.05) is 12.3 Å². The predicted octanol–water partition coefficient (Wildman–Crippen LogP) is 3.25. The normalized spacial score (nSPS) is 12.3. The Bertz CT molecular complexity index is 2250. The van der Waals surface area contributed by atoms with Crippen LogP contribution in [0.3, 0.4) is 0 Å². The third kappa shape index (κ3) is 8.49. The van der Waals surface area contributed by atoms with Crippen LogP contribution in [0.5, 0.6) is 5.75 Å². The van der Waals surface area contributed by atoms with E-state index in [1.54, 1.807) is 53.6 Å². The summed E-state index contributed by atoms with van der Waals surface area (Å²) in [4.78, 5) is 63.1. The third-order valence-corrected chi connectivity index (χ3v) is 8.50. The van der Waals surface area contributed by atoms with Gasteiger partial charge in [-0.1, -0.05) is 23.5 Å². The van der Waals surface area contributed by atoms with Gasteiger partial charge in [-0.2, -0.15) is 10.1 Å². The second kappa shape index (κ2) is 15.0. The predicted molar refractivity (Wildman–Crippen MR) is 191 cm³/mol. The topological polar surface area (TPSA) is 231 Å². The van der Waals surface area contributed by atoms with Crippen molar-refractivity contribution < 1.29 is 28.7 Å². The number of nitrogen functional groups attached to an aromatic ring is 1. The molecule has 0 aliphatic rings. The maximum atomic E-state index is 13.3. The van der Waals surface area contributed by atoms with Crippen LogP contribution in [0.25, 0.3) is 21.4 Å². The lowest BCUT2D eigenvalue weighted by molar-refractivity contribution is -0.155. The van der Waals surface area contributed by atoms with E-state index in [1.165, 1.54) is 29.7 Å². The summed E-state index contributed by atoms with van der Waals surface area (Å²) in [5.74, 6) is -1.59. The van der Waals surface area contributed by atoms with Crippen LogP contribution in [0.2, 0.25) is 0 Å². The van der Waals surface area contributed by atoms with Gasteiger partial charge >= 0.3 is 5.97 Å². The van der Waals surface area contributed by atoms with Gasteiger partial charge in [-0.15, -0.1) is 0 Å². The molecule has 0 atom stereocenters. The lowest BCUT2D eigenvalue weighted by Crippen LogP contribution is -2.24. The SMILES string of the molecule is CCn1nc(C)cc1C(=O)N=c1sc2cc(C(N)=O)cnc2n1C/C=C/Cn1c(N)nc2cc(C(N)=O)cc(OCCCC(=O)OC(C)(C)C)c21. The first-order chi connectivity index (χ1) is 24.1. The van der Waals surface area contributed by atoms with Crippen molar-refractivity contribution in [3.8, 4) is 5.75 Å². The van der Waals surface area contributed by atoms with E-state index in [-0.39, 0.29) is 49.2 Å². The number of thiazole rings is 1. The number of benzene rings is 1. The first kappa shape index (κ1) is 36.4. The Kier molecular flexibility index (Phi) is 10.7. The molecule has 0 bridgehead atoms. The minimum Gasteiger partial charge on any atom is -0.491 e. The van der Waals surface area contributed by atoms with Crippen molar-refractivity contribution in [1.82, 2.24) is 28.9 Å². The first-order valence-corrected chi connectivity index (χ1v) is 17.0. The van der Waals surface area contributed by atoms with Crippen LogP contribution >= 0.6 is 11.3 Å². The fourth-order valence-corrected chi connectivity index (χ4v) is 6.32. The molecule has 268 valence electrons. The largest absolute Gasteiger partial charge is 0.491 e. The van der Waals surface area contributed by atoms with E-state index in [1.807, 2.05) is 19.1 Å². The molecule has 0 unspecified atom stereocenters. The van der Waals surface area contributed by atoms with Gasteiger partial charge in [0.15, 0.2) is 10.4 Å². The van der Waals surface area contributed by atoms with Gasteiger partial charge in [0.25, 0.3) is 5.91 Å². The van der Waals surface area contributed by atoms with E-state index in [0.29, 0.717) is 56.3 Å². The van der Waals surface area contributed by atoms with Gasteiger partial charge in [-0.3, -0.25) is 28.4 Å². The number of esters is 1. The van der Waals surface area contributed by atoms with Gasteiger partial charge in [-0.05, 0) is 65.3 Å². The van der Waals surface area contributed by atoms with Gasteiger partial charge in [0, 0.05) is 37.8 Å². The average molecular weight is 717 g/mol. The third-order valence-electron chi connectivity index (χ3n) is 7.49. The number of pyridine rings is 1. The number of anilines is 1. The Balaban J connectivity index is 1.43. The first-order valence-electron chi connectivity index (χ1n) is 16.2. The van der Waals surface area contributed by atoms with Crippen molar-refractivity contribution in [2.24, 2.45) is 16.5 Å². The number of aromatic nitrogens is 6. The second-order valence-corrected chi connectivity index (χ2v) is 13.6. The highest BCUT2D eigenvalue weighted by Gasteiger charge is 2.19. The molecule has 0 spiro atoms. The van der Waals surface area contributed by atoms with Gasteiger partial charge < -0.3 is 31.2 Å². The molecule has 0 saturated carbocycles. The van der Waals surface area contributed by atoms with Crippen LogP contribution in [0.4, 0.5) is 5.95 Å². The molecule has 4 heterocycles. The summed E-state index contributed by atoms with van der Waals surface area (Å²) < 4.78 is 17.1. The van der Waals surface area contributed by atoms with E-state index >= 15 is 0 Å². The molecule has 0 radical (unpaired) electrons. The maximum Gasteiger partial charge on any atom is 0.306 e. The molecule has 51 heavy (non-hydrogen) atoms. The summed E-state index contributed by atoms with van der Waals surface area (Å²) in [6.07, 6.45) is 5.60. The highest BCUT2D eigenvalue weighted by atomic mass is 32.1. The summed E-state index contributed by atoms with van der Waals surface area (Å²) in [7, 11) is 0. The number of hydrogen-bond acceptors (Lipinski definition) is 11. The Morgan fingerprint density at radius 2 is 1.71 bits per heavy atom. The molecule has 0 saturated heterocycles. The standard InChI is InChI=1S/C34H40N10O6S/c1-6-44-23(14-19(2)41-44)31(48)40-33-43(30-25(51-33)17-21(18-38-30)29(36)47)12-8-7-11-42-27-22(39-32(42)37)15-20(28(35)46)16-24(27)49-13-9-10-26(45)50-34(3,4)5/h7-8,14-18H,6,9-13H2,1-5H3,(H2,35,46)(H2,36,47)(H2,37,39)/b8-7+,40-33?. The van der Waals surface area contributed by atoms with Crippen LogP contribution in [-0.2, 0) is 29.2 Å². The molecule has 17 heteroatoms. The number of primary amides is 2. The van der Waals surface area contributed by atoms with Crippen molar-refractivity contribution in [3.63, 3.8) is 0 Å². The summed E-state index contributed by atoms with van der Waals surface area (Å²) in [6.45, 7) is 10.3. The van der Waals surface area contributed by atoms with E-state index in [0.717, 1.165) is 0 Å². The van der Waals surface area contributed by atoms with Crippen molar-refractivity contribution in [3.05, 3.63) is 69.9 Å². The molecule has 16 nitrogen and oxygen atoms in total. The van der Waals surface area contributed by atoms with E-state index in [9.17, 15) is 19.2 Å². The Hall–Kier alpha value is -5.84. The number of fused-ring (bicyclic) bond motifs is 2. The highest BCUT2D eigenvalue weighted by Crippen LogP contribution is 2.30. The number of carbonyl (C=O) groups is 4. The number of amides is 3. The second-order valence-electron chi connectivity index (χ2n) is 12.6. The Morgan fingerprint density at radius 1 is 1.00 bits per heavy atom. The number of rotatable bonds is 13. The summed E-state index contributed by atoms with van der Waals surface area (Å²) in [6, 6.07) is 6.36. The molecule has 4 aromatic heterocycles. The molecule has 5 rings (SSSR count). The molecule has 3 amide bonds. The smallest absolute Gasteiger partial charge is 0.306 e. The summed E-state index contributed by atoms with van der Waals surface area (Å²) in [5, 5.41) is 4.35. The lowest BCUT2D eigenvalue weighted by atomic mass is 10.1. The molecule has 0 fully saturated rings. The Morgan fingerprint density at radius 3 is 2.37 bits per heavy atom. The molecular weight excluding hydrogens is 677 g/mol. The molecule has 0 aliphatic carbocycles. The minimum atomic E-state index is -0.658. The van der Waals surface area contributed by atoms with Gasteiger partial charge in [0.1, 0.15) is 22.6 Å². The van der Waals surface area contributed by atoms with Crippen LogP contribution < -0.4 is 26.7 Å². The minimum absolute atomic E-state index is 0.148. The number of hydrogen-bond donors (Lipinski definition) is 3. The Labute approximate surface area is 296 Å². The van der Waals surface area contributed by atoms with Crippen LogP contribution in [-0.4, -0.2) is 64.8 Å². The van der Waals surface area contributed by atoms with E-state index < -0.39 is 23.3 Å². The molecular formula is C34H40N10O6S. The number of ether oxygens (including phenoxy) is 2. The quantitative estimate of drug-likeness (QED) is 0.0915. The molecule has 5 aromatic rings. The van der Waals surface area contributed by atoms with Gasteiger partial charge in [-0.25, -0.2) is 9.97 Å². The zero-order valence-corrected chi connectivity index (χ0v) is 29.8. The number of allylic oxidation sites excluding steroid dienone is 2. The molecule has 6 N–H and O–H groups in total. The number of nitrogens with two attached hydrogens (primary N) is 3.